The zero-order chi connectivity index (χ0) is 23.3. The number of amides is 1. The average molecular weight is 447 g/mol. The third-order valence-corrected chi connectivity index (χ3v) is 5.70. The second-order valence-electron chi connectivity index (χ2n) is 7.52. The molecule has 1 unspecified atom stereocenters. The van der Waals surface area contributed by atoms with E-state index in [4.69, 9.17) is 13.9 Å². The number of halogens is 1. The number of ether oxygens (including phenoxy) is 2. The first kappa shape index (κ1) is 20.6. The summed E-state index contributed by atoms with van der Waals surface area (Å²) in [5, 5.41) is 10.1. The third kappa shape index (κ3) is 3.18. The summed E-state index contributed by atoms with van der Waals surface area (Å²) < 4.78 is 30.2. The van der Waals surface area contributed by atoms with E-state index in [0.29, 0.717) is 17.0 Å². The highest BCUT2D eigenvalue weighted by Gasteiger charge is 2.44. The predicted octanol–water partition coefficient (Wildman–Crippen LogP) is 4.40. The zero-order valence-electron chi connectivity index (χ0n) is 17.7. The minimum atomic E-state index is -0.890. The lowest BCUT2D eigenvalue weighted by Gasteiger charge is -2.25. The molecular weight excluding hydrogens is 429 g/mol. The molecule has 0 saturated carbocycles. The van der Waals surface area contributed by atoms with Gasteiger partial charge in [0, 0.05) is 5.69 Å². The molecule has 1 aliphatic heterocycles. The van der Waals surface area contributed by atoms with Gasteiger partial charge in [0.05, 0.1) is 31.2 Å². The molecule has 8 heteroatoms. The number of anilines is 1. The highest BCUT2D eigenvalue weighted by molar-refractivity contribution is 6.10. The molecular formula is C25H18FNO6. The van der Waals surface area contributed by atoms with Gasteiger partial charge in [-0.2, -0.15) is 0 Å². The summed E-state index contributed by atoms with van der Waals surface area (Å²) in [4.78, 5) is 28.4. The number of nitrogens with zero attached hydrogens (tertiary/aromatic N) is 1. The molecule has 166 valence electrons. The van der Waals surface area contributed by atoms with Crippen molar-refractivity contribution in [2.75, 3.05) is 19.1 Å². The highest BCUT2D eigenvalue weighted by atomic mass is 19.1. The number of rotatable bonds is 4. The number of hydrogen-bond donors (Lipinski definition) is 1. The van der Waals surface area contributed by atoms with Crippen molar-refractivity contribution in [2.24, 2.45) is 0 Å². The molecule has 4 aromatic rings. The van der Waals surface area contributed by atoms with E-state index in [2.05, 4.69) is 0 Å². The molecule has 1 atom stereocenters. The molecule has 0 bridgehead atoms. The van der Waals surface area contributed by atoms with Crippen molar-refractivity contribution >= 4 is 22.6 Å². The number of carbonyl (C=O) groups excluding carboxylic acids is 1. The van der Waals surface area contributed by atoms with Crippen LogP contribution in [0.4, 0.5) is 10.1 Å². The predicted molar refractivity (Wildman–Crippen MR) is 119 cm³/mol. The Morgan fingerprint density at radius 3 is 2.42 bits per heavy atom. The maximum absolute atomic E-state index is 13.9. The van der Waals surface area contributed by atoms with E-state index < -0.39 is 23.2 Å². The lowest BCUT2D eigenvalue weighted by molar-refractivity contribution is 0.0971. The Bertz CT molecular complexity index is 1460. The Morgan fingerprint density at radius 1 is 0.970 bits per heavy atom. The molecule has 1 aliphatic rings. The fourth-order valence-corrected chi connectivity index (χ4v) is 4.13. The van der Waals surface area contributed by atoms with Gasteiger partial charge in [-0.15, -0.1) is 0 Å². The first-order valence-corrected chi connectivity index (χ1v) is 10.0. The van der Waals surface area contributed by atoms with Crippen molar-refractivity contribution in [3.63, 3.8) is 0 Å². The third-order valence-electron chi connectivity index (χ3n) is 5.70. The topological polar surface area (TPSA) is 89.2 Å². The summed E-state index contributed by atoms with van der Waals surface area (Å²) in [7, 11) is 2.93. The van der Waals surface area contributed by atoms with Crippen molar-refractivity contribution in [2.45, 2.75) is 6.04 Å². The molecule has 33 heavy (non-hydrogen) atoms. The number of phenols is 1. The smallest absolute Gasteiger partial charge is 0.295 e. The Morgan fingerprint density at radius 2 is 1.73 bits per heavy atom. The van der Waals surface area contributed by atoms with Gasteiger partial charge in [-0.25, -0.2) is 4.39 Å². The number of aromatic hydroxyl groups is 1. The van der Waals surface area contributed by atoms with Crippen LogP contribution in [-0.4, -0.2) is 25.2 Å². The van der Waals surface area contributed by atoms with E-state index in [1.165, 1.54) is 37.3 Å². The number of benzene rings is 3. The van der Waals surface area contributed by atoms with Gasteiger partial charge in [0.1, 0.15) is 17.1 Å². The molecule has 1 N–H and O–H groups in total. The number of phenolic OH excluding ortho intramolecular Hbond substituents is 1. The van der Waals surface area contributed by atoms with Crippen molar-refractivity contribution in [3.8, 4) is 17.2 Å². The monoisotopic (exact) mass is 447 g/mol. The normalized spacial score (nSPS) is 15.1. The zero-order valence-corrected chi connectivity index (χ0v) is 17.7. The van der Waals surface area contributed by atoms with E-state index in [0.717, 1.165) is 6.07 Å². The van der Waals surface area contributed by atoms with Crippen LogP contribution in [0.25, 0.3) is 11.0 Å². The van der Waals surface area contributed by atoms with Crippen LogP contribution < -0.4 is 19.8 Å². The standard InChI is InChI=1S/C25H18FNO6/c1-31-16-7-5-15(6-8-16)27-22(13-3-9-18(28)20(11-13)32-2)21-23(29)17-12-14(26)4-10-19(17)33-24(21)25(27)30/h3-12,22,28H,1-2H3. The molecule has 0 fully saturated rings. The summed E-state index contributed by atoms with van der Waals surface area (Å²) in [6.45, 7) is 0. The van der Waals surface area contributed by atoms with Gasteiger partial charge in [0.2, 0.25) is 5.76 Å². The fourth-order valence-electron chi connectivity index (χ4n) is 4.13. The molecule has 0 radical (unpaired) electrons. The Labute approximate surface area is 187 Å². The van der Waals surface area contributed by atoms with Crippen LogP contribution in [0.15, 0.2) is 69.9 Å². The summed E-state index contributed by atoms with van der Waals surface area (Å²) in [5.74, 6) is -0.536. The van der Waals surface area contributed by atoms with Crippen LogP contribution >= 0.6 is 0 Å². The first-order chi connectivity index (χ1) is 15.9. The SMILES string of the molecule is COc1ccc(N2C(=O)c3oc4ccc(F)cc4c(=O)c3C2c2ccc(O)c(OC)c2)cc1. The molecule has 1 amide bonds. The molecule has 1 aromatic heterocycles. The fraction of sp³-hybridized carbons (Fsp3) is 0.120. The number of methoxy groups -OCH3 is 2. The quantitative estimate of drug-likeness (QED) is 0.499. The maximum Gasteiger partial charge on any atom is 0.295 e. The van der Waals surface area contributed by atoms with Gasteiger partial charge in [0.15, 0.2) is 16.9 Å². The van der Waals surface area contributed by atoms with Crippen LogP contribution in [-0.2, 0) is 0 Å². The van der Waals surface area contributed by atoms with Crippen LogP contribution in [0, 0.1) is 5.82 Å². The van der Waals surface area contributed by atoms with Crippen molar-refractivity contribution in [3.05, 3.63) is 93.6 Å². The molecule has 7 nitrogen and oxygen atoms in total. The second-order valence-corrected chi connectivity index (χ2v) is 7.52. The van der Waals surface area contributed by atoms with Crippen molar-refractivity contribution < 1.29 is 28.2 Å². The minimum Gasteiger partial charge on any atom is -0.504 e. The summed E-state index contributed by atoms with van der Waals surface area (Å²) in [6, 6.07) is 14.0. The number of carbonyl (C=O) groups is 1. The van der Waals surface area contributed by atoms with Crippen LogP contribution in [0.3, 0.4) is 0 Å². The molecule has 5 rings (SSSR count). The molecule has 3 aromatic carbocycles. The van der Waals surface area contributed by atoms with Gasteiger partial charge >= 0.3 is 0 Å². The van der Waals surface area contributed by atoms with Crippen LogP contribution in [0.2, 0.25) is 0 Å². The van der Waals surface area contributed by atoms with E-state index in [-0.39, 0.29) is 33.8 Å². The van der Waals surface area contributed by atoms with E-state index in [1.807, 2.05) is 0 Å². The Kier molecular flexibility index (Phi) is 4.78. The summed E-state index contributed by atoms with van der Waals surface area (Å²) >= 11 is 0. The van der Waals surface area contributed by atoms with Gasteiger partial charge in [-0.3, -0.25) is 14.5 Å². The van der Waals surface area contributed by atoms with E-state index in [1.54, 1.807) is 36.4 Å². The molecule has 2 heterocycles. The lowest BCUT2D eigenvalue weighted by Crippen LogP contribution is -2.29. The molecule has 0 aliphatic carbocycles. The Balaban J connectivity index is 1.80. The lowest BCUT2D eigenvalue weighted by atomic mass is 9.97. The van der Waals surface area contributed by atoms with E-state index >= 15 is 0 Å². The van der Waals surface area contributed by atoms with Gasteiger partial charge < -0.3 is 19.0 Å². The molecule has 0 spiro atoms. The largest absolute Gasteiger partial charge is 0.504 e. The van der Waals surface area contributed by atoms with Gasteiger partial charge in [0.25, 0.3) is 5.91 Å². The highest BCUT2D eigenvalue weighted by Crippen LogP contribution is 2.43. The average Bonchev–Trinajstić information content (AvgIpc) is 3.12. The van der Waals surface area contributed by atoms with Crippen LogP contribution in [0.1, 0.15) is 27.7 Å². The summed E-state index contributed by atoms with van der Waals surface area (Å²) in [5.41, 5.74) is 0.704. The minimum absolute atomic E-state index is 0.0360. The van der Waals surface area contributed by atoms with Crippen molar-refractivity contribution in [1.29, 1.82) is 0 Å². The van der Waals surface area contributed by atoms with Gasteiger partial charge in [-0.05, 0) is 60.2 Å². The number of hydrogen-bond acceptors (Lipinski definition) is 6. The van der Waals surface area contributed by atoms with Crippen molar-refractivity contribution in [1.82, 2.24) is 0 Å². The molecule has 0 saturated heterocycles. The maximum atomic E-state index is 13.9. The van der Waals surface area contributed by atoms with Gasteiger partial charge in [-0.1, -0.05) is 6.07 Å². The second kappa shape index (κ2) is 7.67. The number of fused-ring (bicyclic) bond motifs is 2. The van der Waals surface area contributed by atoms with E-state index in [9.17, 15) is 19.1 Å². The Hall–Kier alpha value is -4.33. The summed E-state index contributed by atoms with van der Waals surface area (Å²) in [6.07, 6.45) is 0. The first-order valence-electron chi connectivity index (χ1n) is 10.0. The van der Waals surface area contributed by atoms with Crippen LogP contribution in [0.5, 0.6) is 17.2 Å².